The van der Waals surface area contributed by atoms with Crippen LogP contribution in [-0.4, -0.2) is 29.9 Å². The molecule has 0 bridgehead atoms. The lowest BCUT2D eigenvalue weighted by Crippen LogP contribution is -1.94. The lowest BCUT2D eigenvalue weighted by atomic mass is 9.81. The van der Waals surface area contributed by atoms with Crippen LogP contribution in [0.5, 0.6) is 0 Å². The molecule has 0 aliphatic heterocycles. The van der Waals surface area contributed by atoms with Crippen molar-refractivity contribution in [3.05, 3.63) is 485 Å². The van der Waals surface area contributed by atoms with Gasteiger partial charge in [0.25, 0.3) is 0 Å². The zero-order valence-corrected chi connectivity index (χ0v) is 79.6. The van der Waals surface area contributed by atoms with Gasteiger partial charge in [-0.2, -0.15) is 0 Å². The largest absolute Gasteiger partial charge is 0.444 e. The van der Waals surface area contributed by atoms with Crippen molar-refractivity contribution < 1.29 is 8.83 Å². The number of hydrogen-bond donors (Lipinski definition) is 0. The molecule has 12 heteroatoms. The minimum absolute atomic E-state index is 0.751. The summed E-state index contributed by atoms with van der Waals surface area (Å²) in [5, 5.41) is 24.6. The fourth-order valence-corrected chi connectivity index (χ4v) is 24.0. The molecule has 0 unspecified atom stereocenters. The predicted octanol–water partition coefficient (Wildman–Crippen LogP) is 37.4. The van der Waals surface area contributed by atoms with Crippen molar-refractivity contribution in [3.8, 4) is 165 Å². The highest BCUT2D eigenvalue weighted by molar-refractivity contribution is 7.14. The first-order valence-electron chi connectivity index (χ1n) is 47.2. The summed E-state index contributed by atoms with van der Waals surface area (Å²) >= 11 is 6.69. The molecule has 0 radical (unpaired) electrons. The third-order valence-electron chi connectivity index (χ3n) is 27.6. The average molecular weight is 1890 g/mol. The van der Waals surface area contributed by atoms with Gasteiger partial charge < -0.3 is 8.83 Å². The molecule has 142 heavy (non-hydrogen) atoms. The standard InChI is InChI=1S/C46H28N2O2.C46H28N2S2.C38H24N2S2/c2*1-5-19-37-33(15-1)43(31-13-9-11-29(23-31)41-25-47-27-49-41)34-16-2-6-20-38(34)45(37)46-39-21-7-3-17-35(39)44(36-18-4-8-22-40(36)46)32-14-10-12-30(24-32)42-26-48-28-50-42;1-3-13-33-31(11-1)29(25-7-5-9-27(19-25)37-21-39-23-41-37)15-17-35(33)36-18-16-30(32-12-2-4-14-34(32)36)26-8-6-10-28(20-26)38-22-40-24-42-38/h2*1-28H;1-24H. The maximum absolute atomic E-state index is 5.69. The van der Waals surface area contributed by atoms with Crippen LogP contribution in [0.4, 0.5) is 0 Å². The summed E-state index contributed by atoms with van der Waals surface area (Å²) in [4.78, 5) is 30.3. The number of nitrogens with zero attached hydrogens (tertiary/aromatic N) is 6. The van der Waals surface area contributed by atoms with Crippen LogP contribution in [0.2, 0.25) is 0 Å². The zero-order chi connectivity index (χ0) is 93.9. The van der Waals surface area contributed by atoms with Crippen molar-refractivity contribution in [1.29, 1.82) is 0 Å². The van der Waals surface area contributed by atoms with E-state index in [1.165, 1.54) is 251 Å². The predicted molar refractivity (Wildman–Crippen MR) is 599 cm³/mol. The Morgan fingerprint density at radius 2 is 0.324 bits per heavy atom. The van der Waals surface area contributed by atoms with Gasteiger partial charge in [0.15, 0.2) is 24.3 Å². The van der Waals surface area contributed by atoms with Crippen LogP contribution in [-0.2, 0) is 0 Å². The summed E-state index contributed by atoms with van der Waals surface area (Å²) in [6, 6.07) is 150. The third-order valence-corrected chi connectivity index (χ3v) is 30.9. The molecule has 666 valence electrons. The highest BCUT2D eigenvalue weighted by Crippen LogP contribution is 2.55. The van der Waals surface area contributed by atoms with Crippen LogP contribution in [0.25, 0.3) is 272 Å². The summed E-state index contributed by atoms with van der Waals surface area (Å²) in [7, 11) is 0. The molecule has 0 amide bonds. The number of fused-ring (bicyclic) bond motifs is 10. The molecular formula is C130H80N6O2S4. The molecule has 0 saturated carbocycles. The van der Waals surface area contributed by atoms with Gasteiger partial charge in [-0.3, -0.25) is 19.9 Å². The van der Waals surface area contributed by atoms with Crippen LogP contribution in [0.1, 0.15) is 0 Å². The Morgan fingerprint density at radius 1 is 0.141 bits per heavy atom. The molecule has 6 aromatic heterocycles. The van der Waals surface area contributed by atoms with Gasteiger partial charge in [0, 0.05) is 35.9 Å². The number of rotatable bonds is 15. The summed E-state index contributed by atoms with van der Waals surface area (Å²) < 4.78 is 11.4. The Bertz CT molecular complexity index is 8510. The molecular weight excluding hydrogens is 1810 g/mol. The molecule has 0 spiro atoms. The molecule has 28 aromatic rings. The average Bonchev–Trinajstić information content (AvgIpc) is 1.22. The first kappa shape index (κ1) is 84.9. The van der Waals surface area contributed by atoms with Gasteiger partial charge in [-0.1, -0.05) is 376 Å². The second-order valence-electron chi connectivity index (χ2n) is 35.5. The Balaban J connectivity index is 0.000000110. The van der Waals surface area contributed by atoms with E-state index in [1.54, 1.807) is 57.7 Å². The third kappa shape index (κ3) is 15.2. The molecule has 0 atom stereocenters. The van der Waals surface area contributed by atoms with Crippen LogP contribution in [0.15, 0.2) is 493 Å². The Morgan fingerprint density at radius 3 is 0.542 bits per heavy atom. The van der Waals surface area contributed by atoms with Gasteiger partial charge in [0.05, 0.1) is 53.9 Å². The quantitative estimate of drug-likeness (QED) is 0.0935. The minimum Gasteiger partial charge on any atom is -0.444 e. The molecule has 0 aliphatic rings. The number of aromatic nitrogens is 6. The van der Waals surface area contributed by atoms with E-state index in [2.05, 4.69) is 442 Å². The SMILES string of the molecule is c1cc(-c2cnco2)cc(-c2c3ccccc3c(-c3c4ccccc4c(-c4cccc(-c5cnco5)c4)c4ccccc34)c3ccccc23)c1.c1cc(-c2cncs2)cc(-c2c3ccccc3c(-c3c4ccccc4c(-c4cccc(-c5cncs5)c4)c4ccccc34)c3ccccc23)c1.c1cc(-c2cncs2)cc(-c2ccc(-c3ccc(-c4cccc(-c5cncs5)c4)c4ccccc34)c3ccccc23)c1. The highest BCUT2D eigenvalue weighted by Gasteiger charge is 2.28. The summed E-state index contributed by atoms with van der Waals surface area (Å²) in [6.07, 6.45) is 14.3. The van der Waals surface area contributed by atoms with E-state index in [0.717, 1.165) is 33.8 Å². The van der Waals surface area contributed by atoms with Crippen molar-refractivity contribution in [2.24, 2.45) is 0 Å². The Kier molecular flexibility index (Phi) is 21.9. The second-order valence-corrected chi connectivity index (χ2v) is 39.0. The molecule has 28 rings (SSSR count). The van der Waals surface area contributed by atoms with Crippen molar-refractivity contribution >= 4 is 153 Å². The lowest BCUT2D eigenvalue weighted by Gasteiger charge is -2.22. The Labute approximate surface area is 834 Å². The molecule has 0 saturated heterocycles. The van der Waals surface area contributed by atoms with Crippen molar-refractivity contribution in [2.75, 3.05) is 0 Å². The van der Waals surface area contributed by atoms with Crippen LogP contribution < -0.4 is 0 Å². The monoisotopic (exact) mass is 1880 g/mol. The molecule has 0 fully saturated rings. The summed E-state index contributed by atoms with van der Waals surface area (Å²) in [5.74, 6) is 1.50. The lowest BCUT2D eigenvalue weighted by molar-refractivity contribution is 0.571. The second kappa shape index (κ2) is 36.7. The number of oxazole rings is 2. The summed E-state index contributed by atoms with van der Waals surface area (Å²) in [5.41, 5.74) is 36.4. The number of hydrogen-bond acceptors (Lipinski definition) is 12. The first-order chi connectivity index (χ1) is 70.5. The topological polar surface area (TPSA) is 104 Å². The van der Waals surface area contributed by atoms with Gasteiger partial charge >= 0.3 is 0 Å². The van der Waals surface area contributed by atoms with Crippen molar-refractivity contribution in [3.63, 3.8) is 0 Å². The van der Waals surface area contributed by atoms with Crippen molar-refractivity contribution in [2.45, 2.75) is 0 Å². The van der Waals surface area contributed by atoms with E-state index in [0.29, 0.717) is 0 Å². The van der Waals surface area contributed by atoms with Crippen LogP contribution in [0.3, 0.4) is 0 Å². The fourth-order valence-electron chi connectivity index (χ4n) is 21.5. The maximum Gasteiger partial charge on any atom is 0.181 e. The van der Waals surface area contributed by atoms with Gasteiger partial charge in [0.2, 0.25) is 0 Å². The van der Waals surface area contributed by atoms with E-state index in [4.69, 9.17) is 8.83 Å². The Hall–Kier alpha value is -17.6. The smallest absolute Gasteiger partial charge is 0.181 e. The molecule has 0 aliphatic carbocycles. The van der Waals surface area contributed by atoms with Crippen LogP contribution >= 0.6 is 45.3 Å². The van der Waals surface area contributed by atoms with E-state index in [9.17, 15) is 0 Å². The first-order valence-corrected chi connectivity index (χ1v) is 50.8. The van der Waals surface area contributed by atoms with E-state index >= 15 is 0 Å². The van der Waals surface area contributed by atoms with Gasteiger partial charge in [-0.05, 0) is 267 Å². The fraction of sp³-hybridized carbons (Fsp3) is 0. The molecule has 6 heterocycles. The number of thiazole rings is 4. The van der Waals surface area contributed by atoms with Crippen molar-refractivity contribution in [1.82, 2.24) is 29.9 Å². The normalized spacial score (nSPS) is 11.5. The highest BCUT2D eigenvalue weighted by atomic mass is 32.1. The van der Waals surface area contributed by atoms with E-state index in [-0.39, 0.29) is 0 Å². The molecule has 0 N–H and O–H groups in total. The molecule has 8 nitrogen and oxygen atoms in total. The van der Waals surface area contributed by atoms with E-state index < -0.39 is 0 Å². The summed E-state index contributed by atoms with van der Waals surface area (Å²) in [6.45, 7) is 0. The number of benzene rings is 22. The maximum atomic E-state index is 5.69. The van der Waals surface area contributed by atoms with Crippen LogP contribution in [0, 0.1) is 0 Å². The van der Waals surface area contributed by atoms with E-state index in [1.807, 2.05) is 46.8 Å². The van der Waals surface area contributed by atoms with Gasteiger partial charge in [0.1, 0.15) is 0 Å². The molecule has 22 aromatic carbocycles. The zero-order valence-electron chi connectivity index (χ0n) is 76.3. The minimum atomic E-state index is 0.751. The van der Waals surface area contributed by atoms with Gasteiger partial charge in [-0.15, -0.1) is 45.3 Å². The van der Waals surface area contributed by atoms with Gasteiger partial charge in [-0.25, -0.2) is 9.97 Å².